The summed E-state index contributed by atoms with van der Waals surface area (Å²) in [5, 5.41) is 7.26. The number of pyridine rings is 1. The number of aryl methyl sites for hydroxylation is 2. The zero-order valence-corrected chi connectivity index (χ0v) is 20.8. The second-order valence-electron chi connectivity index (χ2n) is 8.30. The van der Waals surface area contributed by atoms with Crippen LogP contribution < -0.4 is 15.4 Å². The monoisotopic (exact) mass is 482 g/mol. The minimum Gasteiger partial charge on any atom is -0.481 e. The Morgan fingerprint density at radius 1 is 1.24 bits per heavy atom. The Morgan fingerprint density at radius 2 is 2.06 bits per heavy atom. The van der Waals surface area contributed by atoms with Gasteiger partial charge in [-0.15, -0.1) is 0 Å². The van der Waals surface area contributed by atoms with Gasteiger partial charge in [-0.3, -0.25) is 0 Å². The Kier molecular flexibility index (Phi) is 7.07. The number of methoxy groups -OCH3 is 1. The number of ether oxygens (including phenoxy) is 1. The standard InChI is InChI=1S/C24H27ClN6OS/c1-14-19(10-15(23(27-14)32-4)6-5-9-31(2)3)29-24-26-13-16-11-21(33)28-20-12-17(25)7-8-18(20)22(16)30-24/h7-8,10,12-13H,5-6,9,11H2,1-4H3,(H,28,33)(H,26,29,30). The lowest BCUT2D eigenvalue weighted by molar-refractivity contribution is 0.381. The molecule has 0 saturated carbocycles. The van der Waals surface area contributed by atoms with E-state index < -0.39 is 0 Å². The third kappa shape index (κ3) is 5.40. The molecule has 7 nitrogen and oxygen atoms in total. The molecule has 0 unspecified atom stereocenters. The molecular formula is C24H27ClN6OS. The second kappa shape index (κ2) is 9.99. The van der Waals surface area contributed by atoms with Crippen LogP contribution in [-0.2, 0) is 12.8 Å². The van der Waals surface area contributed by atoms with Crippen LogP contribution in [0.4, 0.5) is 17.3 Å². The number of hydrogen-bond donors (Lipinski definition) is 2. The topological polar surface area (TPSA) is 75.2 Å². The van der Waals surface area contributed by atoms with Crippen LogP contribution in [0, 0.1) is 6.92 Å². The van der Waals surface area contributed by atoms with Gasteiger partial charge in [-0.1, -0.05) is 23.8 Å². The highest BCUT2D eigenvalue weighted by atomic mass is 35.5. The third-order valence-corrected chi connectivity index (χ3v) is 5.95. The van der Waals surface area contributed by atoms with Crippen LogP contribution in [0.25, 0.3) is 11.3 Å². The van der Waals surface area contributed by atoms with Crippen molar-refractivity contribution in [3.8, 4) is 17.1 Å². The SMILES string of the molecule is COc1nc(C)c(Nc2ncc3c(n2)-c2ccc(Cl)cc2NC(=S)C3)cc1CCCN(C)C. The molecule has 172 valence electrons. The molecule has 0 fully saturated rings. The van der Waals surface area contributed by atoms with Crippen molar-refractivity contribution in [3.05, 3.63) is 52.3 Å². The summed E-state index contributed by atoms with van der Waals surface area (Å²) in [6.45, 7) is 2.94. The van der Waals surface area contributed by atoms with E-state index in [0.717, 1.165) is 58.8 Å². The number of hydrogen-bond acceptors (Lipinski definition) is 7. The Bertz CT molecular complexity index is 1200. The van der Waals surface area contributed by atoms with Crippen LogP contribution in [0.3, 0.4) is 0 Å². The summed E-state index contributed by atoms with van der Waals surface area (Å²) >= 11 is 11.7. The van der Waals surface area contributed by atoms with Gasteiger partial charge in [-0.05, 0) is 64.7 Å². The van der Waals surface area contributed by atoms with Gasteiger partial charge in [0.05, 0.1) is 29.2 Å². The molecule has 4 rings (SSSR count). The van der Waals surface area contributed by atoms with E-state index in [1.54, 1.807) is 7.11 Å². The summed E-state index contributed by atoms with van der Waals surface area (Å²) in [5.41, 5.74) is 6.31. The van der Waals surface area contributed by atoms with E-state index in [-0.39, 0.29) is 0 Å². The van der Waals surface area contributed by atoms with E-state index in [4.69, 9.17) is 33.5 Å². The van der Waals surface area contributed by atoms with E-state index in [2.05, 4.69) is 45.7 Å². The number of aromatic nitrogens is 3. The molecule has 0 atom stereocenters. The highest BCUT2D eigenvalue weighted by Gasteiger charge is 2.20. The molecule has 3 heterocycles. The van der Waals surface area contributed by atoms with Crippen molar-refractivity contribution in [2.75, 3.05) is 38.4 Å². The largest absolute Gasteiger partial charge is 0.481 e. The highest BCUT2D eigenvalue weighted by Crippen LogP contribution is 2.35. The van der Waals surface area contributed by atoms with Gasteiger partial charge in [0.15, 0.2) is 0 Å². The molecule has 1 aliphatic rings. The molecule has 0 spiro atoms. The molecule has 0 aliphatic carbocycles. The first-order chi connectivity index (χ1) is 15.8. The Hall–Kier alpha value is -2.81. The van der Waals surface area contributed by atoms with E-state index in [1.165, 1.54) is 0 Å². The molecular weight excluding hydrogens is 456 g/mol. The highest BCUT2D eigenvalue weighted by molar-refractivity contribution is 7.80. The summed E-state index contributed by atoms with van der Waals surface area (Å²) in [4.78, 5) is 16.9. The van der Waals surface area contributed by atoms with Gasteiger partial charge in [0.25, 0.3) is 0 Å². The van der Waals surface area contributed by atoms with Gasteiger partial charge in [-0.25, -0.2) is 15.0 Å². The van der Waals surface area contributed by atoms with Gasteiger partial charge in [0.2, 0.25) is 11.8 Å². The van der Waals surface area contributed by atoms with Crippen LogP contribution in [0.1, 0.15) is 23.2 Å². The number of rotatable bonds is 7. The van der Waals surface area contributed by atoms with E-state index >= 15 is 0 Å². The first-order valence-corrected chi connectivity index (χ1v) is 11.5. The molecule has 0 amide bonds. The van der Waals surface area contributed by atoms with Crippen LogP contribution in [0.5, 0.6) is 5.88 Å². The predicted molar refractivity (Wildman–Crippen MR) is 138 cm³/mol. The summed E-state index contributed by atoms with van der Waals surface area (Å²) in [7, 11) is 5.80. The minimum absolute atomic E-state index is 0.497. The molecule has 0 bridgehead atoms. The average Bonchev–Trinajstić information content (AvgIpc) is 2.90. The smallest absolute Gasteiger partial charge is 0.227 e. The van der Waals surface area contributed by atoms with Crippen molar-refractivity contribution in [1.29, 1.82) is 0 Å². The first-order valence-electron chi connectivity index (χ1n) is 10.8. The Labute approximate surface area is 204 Å². The van der Waals surface area contributed by atoms with Crippen molar-refractivity contribution < 1.29 is 4.74 Å². The number of thiocarbonyl (C=S) groups is 1. The van der Waals surface area contributed by atoms with Gasteiger partial charge in [0, 0.05) is 40.0 Å². The van der Waals surface area contributed by atoms with Gasteiger partial charge >= 0.3 is 0 Å². The van der Waals surface area contributed by atoms with Crippen LogP contribution in [0.15, 0.2) is 30.5 Å². The van der Waals surface area contributed by atoms with Crippen molar-refractivity contribution in [2.45, 2.75) is 26.2 Å². The number of anilines is 3. The summed E-state index contributed by atoms with van der Waals surface area (Å²) in [5.74, 6) is 1.15. The normalized spacial score (nSPS) is 12.6. The van der Waals surface area contributed by atoms with Crippen LogP contribution in [0.2, 0.25) is 5.02 Å². The average molecular weight is 483 g/mol. The quantitative estimate of drug-likeness (QED) is 0.453. The maximum atomic E-state index is 6.21. The van der Waals surface area contributed by atoms with Crippen molar-refractivity contribution in [2.24, 2.45) is 0 Å². The lowest BCUT2D eigenvalue weighted by Gasteiger charge is -2.15. The number of nitrogens with one attached hydrogen (secondary N) is 2. The van der Waals surface area contributed by atoms with Crippen molar-refractivity contribution in [3.63, 3.8) is 0 Å². The lowest BCUT2D eigenvalue weighted by atomic mass is 10.1. The lowest BCUT2D eigenvalue weighted by Crippen LogP contribution is -2.14. The molecule has 0 saturated heterocycles. The van der Waals surface area contributed by atoms with E-state index in [1.807, 2.05) is 31.3 Å². The number of nitrogens with zero attached hydrogens (tertiary/aromatic N) is 4. The van der Waals surface area contributed by atoms with Crippen LogP contribution >= 0.6 is 23.8 Å². The summed E-state index contributed by atoms with van der Waals surface area (Å²) in [6, 6.07) is 7.76. The zero-order valence-electron chi connectivity index (χ0n) is 19.2. The fraction of sp³-hybridized carbons (Fsp3) is 0.333. The molecule has 2 aromatic heterocycles. The number of halogens is 1. The first kappa shape index (κ1) is 23.4. The molecule has 3 aromatic rings. The molecule has 1 aromatic carbocycles. The molecule has 0 radical (unpaired) electrons. The van der Waals surface area contributed by atoms with E-state index in [0.29, 0.717) is 28.3 Å². The second-order valence-corrected chi connectivity index (χ2v) is 9.23. The zero-order chi connectivity index (χ0) is 23.5. The fourth-order valence-electron chi connectivity index (χ4n) is 3.84. The molecule has 33 heavy (non-hydrogen) atoms. The Morgan fingerprint density at radius 3 is 2.82 bits per heavy atom. The van der Waals surface area contributed by atoms with Crippen molar-refractivity contribution in [1.82, 2.24) is 19.9 Å². The molecule has 2 N–H and O–H groups in total. The molecule has 1 aliphatic heterocycles. The predicted octanol–water partition coefficient (Wildman–Crippen LogP) is 5.04. The van der Waals surface area contributed by atoms with Gasteiger partial charge in [0.1, 0.15) is 0 Å². The Balaban J connectivity index is 1.67. The number of benzene rings is 1. The van der Waals surface area contributed by atoms with Gasteiger partial charge in [-0.2, -0.15) is 0 Å². The minimum atomic E-state index is 0.497. The number of fused-ring (bicyclic) bond motifs is 3. The fourth-order valence-corrected chi connectivity index (χ4v) is 4.27. The van der Waals surface area contributed by atoms with Gasteiger partial charge < -0.3 is 20.3 Å². The third-order valence-electron chi connectivity index (χ3n) is 5.47. The van der Waals surface area contributed by atoms with Crippen molar-refractivity contribution >= 4 is 46.1 Å². The van der Waals surface area contributed by atoms with E-state index in [9.17, 15) is 0 Å². The maximum Gasteiger partial charge on any atom is 0.227 e. The summed E-state index contributed by atoms with van der Waals surface area (Å²) < 4.78 is 5.52. The van der Waals surface area contributed by atoms with Crippen LogP contribution in [-0.4, -0.2) is 52.6 Å². The molecule has 9 heteroatoms. The summed E-state index contributed by atoms with van der Waals surface area (Å²) in [6.07, 6.45) is 4.27. The maximum absolute atomic E-state index is 6.21.